The number of aliphatic imine (C=N–C) groups is 1. The highest BCUT2D eigenvalue weighted by Crippen LogP contribution is 2.38. The number of ether oxygens (including phenoxy) is 3. The number of halogens is 1. The van der Waals surface area contributed by atoms with Gasteiger partial charge in [-0.25, -0.2) is 0 Å². The summed E-state index contributed by atoms with van der Waals surface area (Å²) < 4.78 is 16.6. The maximum absolute atomic E-state index is 5.65. The molecule has 0 unspecified atom stereocenters. The van der Waals surface area contributed by atoms with Crippen LogP contribution in [0.3, 0.4) is 0 Å². The summed E-state index contributed by atoms with van der Waals surface area (Å²) in [6.07, 6.45) is 6.36. The Hall–Kier alpha value is -1.38. The molecule has 0 bridgehead atoms. The first kappa shape index (κ1) is 22.7. The number of nitrogens with one attached hydrogen (secondary N) is 2. The fourth-order valence-corrected chi connectivity index (χ4v) is 3.14. The maximum atomic E-state index is 5.65. The topological polar surface area (TPSA) is 64.1 Å². The zero-order valence-corrected chi connectivity index (χ0v) is 18.6. The fraction of sp³-hybridized carbons (Fsp3) is 0.632. The van der Waals surface area contributed by atoms with Crippen molar-refractivity contribution in [3.05, 3.63) is 17.7 Å². The normalized spacial score (nSPS) is 15.0. The smallest absolute Gasteiger partial charge is 0.203 e. The number of hydrogen-bond donors (Lipinski definition) is 2. The van der Waals surface area contributed by atoms with Gasteiger partial charge in [0.2, 0.25) is 5.75 Å². The second kappa shape index (κ2) is 12.1. The molecule has 1 aromatic carbocycles. The molecular formula is C19H32IN3O3. The Kier molecular flexibility index (Phi) is 10.5. The third-order valence-electron chi connectivity index (χ3n) is 4.44. The van der Waals surface area contributed by atoms with Gasteiger partial charge in [0.05, 0.1) is 20.8 Å². The molecule has 2 N–H and O–H groups in total. The van der Waals surface area contributed by atoms with Gasteiger partial charge in [-0.2, -0.15) is 0 Å². The molecule has 0 aliphatic heterocycles. The predicted molar refractivity (Wildman–Crippen MR) is 116 cm³/mol. The third-order valence-corrected chi connectivity index (χ3v) is 4.44. The van der Waals surface area contributed by atoms with Crippen molar-refractivity contribution in [2.75, 3.05) is 27.9 Å². The Morgan fingerprint density at radius 1 is 1.12 bits per heavy atom. The summed E-state index contributed by atoms with van der Waals surface area (Å²) >= 11 is 0. The first-order valence-electron chi connectivity index (χ1n) is 9.06. The van der Waals surface area contributed by atoms with Gasteiger partial charge in [-0.15, -0.1) is 24.0 Å². The molecule has 6 nitrogen and oxygen atoms in total. The van der Waals surface area contributed by atoms with Gasteiger partial charge in [-0.1, -0.05) is 19.3 Å². The lowest BCUT2D eigenvalue weighted by molar-refractivity contribution is 0.288. The lowest BCUT2D eigenvalue weighted by Crippen LogP contribution is -2.43. The summed E-state index contributed by atoms with van der Waals surface area (Å²) in [5, 5.41) is 6.89. The Bertz CT molecular complexity index is 550. The molecule has 1 aliphatic carbocycles. The van der Waals surface area contributed by atoms with E-state index in [4.69, 9.17) is 14.2 Å². The van der Waals surface area contributed by atoms with E-state index in [0.29, 0.717) is 36.4 Å². The van der Waals surface area contributed by atoms with Crippen LogP contribution in [0.2, 0.25) is 0 Å². The third kappa shape index (κ3) is 6.41. The number of hydrogen-bond acceptors (Lipinski definition) is 4. The molecule has 148 valence electrons. The van der Waals surface area contributed by atoms with Crippen molar-refractivity contribution in [2.45, 2.75) is 51.6 Å². The van der Waals surface area contributed by atoms with Crippen LogP contribution in [0, 0.1) is 0 Å². The first-order chi connectivity index (χ1) is 12.2. The molecule has 0 spiro atoms. The van der Waals surface area contributed by atoms with Crippen molar-refractivity contribution >= 4 is 29.9 Å². The van der Waals surface area contributed by atoms with E-state index in [-0.39, 0.29) is 24.0 Å². The minimum Gasteiger partial charge on any atom is -0.493 e. The average molecular weight is 477 g/mol. The largest absolute Gasteiger partial charge is 0.493 e. The molecule has 26 heavy (non-hydrogen) atoms. The van der Waals surface area contributed by atoms with E-state index in [1.165, 1.54) is 32.1 Å². The second-order valence-corrected chi connectivity index (χ2v) is 6.17. The van der Waals surface area contributed by atoms with Crippen molar-refractivity contribution < 1.29 is 14.2 Å². The molecule has 1 aliphatic rings. The van der Waals surface area contributed by atoms with E-state index in [9.17, 15) is 0 Å². The molecule has 0 atom stereocenters. The Balaban J connectivity index is 0.00000338. The van der Waals surface area contributed by atoms with Crippen LogP contribution in [-0.2, 0) is 6.54 Å². The zero-order valence-electron chi connectivity index (χ0n) is 16.3. The summed E-state index contributed by atoms with van der Waals surface area (Å²) in [6, 6.07) is 4.45. The van der Waals surface area contributed by atoms with Crippen LogP contribution in [0.1, 0.15) is 44.6 Å². The summed E-state index contributed by atoms with van der Waals surface area (Å²) in [5.41, 5.74) is 1.05. The highest BCUT2D eigenvalue weighted by Gasteiger charge is 2.16. The van der Waals surface area contributed by atoms with Crippen LogP contribution in [0.15, 0.2) is 17.1 Å². The van der Waals surface area contributed by atoms with Gasteiger partial charge in [0.1, 0.15) is 0 Å². The predicted octanol–water partition coefficient (Wildman–Crippen LogP) is 3.72. The molecule has 1 aromatic rings. The number of rotatable bonds is 7. The van der Waals surface area contributed by atoms with Crippen LogP contribution < -0.4 is 24.8 Å². The van der Waals surface area contributed by atoms with Crippen LogP contribution >= 0.6 is 24.0 Å². The van der Waals surface area contributed by atoms with Crippen molar-refractivity contribution in [3.8, 4) is 17.2 Å². The molecule has 0 amide bonds. The minimum atomic E-state index is 0. The standard InChI is InChI=1S/C19H31N3O3.HI/c1-5-25-18-16(23-3)11-14(12-17(18)24-4)13-21-19(20-2)22-15-9-7-6-8-10-15;/h11-12,15H,5-10,13H2,1-4H3,(H2,20,21,22);1H. The lowest BCUT2D eigenvalue weighted by Gasteiger charge is -2.25. The Labute approximate surface area is 174 Å². The SMILES string of the molecule is CCOc1c(OC)cc(CNC(=NC)NC2CCCCC2)cc1OC.I. The zero-order chi connectivity index (χ0) is 18.1. The van der Waals surface area contributed by atoms with Gasteiger partial charge in [-0.3, -0.25) is 4.99 Å². The van der Waals surface area contributed by atoms with E-state index in [1.54, 1.807) is 21.3 Å². The quantitative estimate of drug-likeness (QED) is 0.356. The monoisotopic (exact) mass is 477 g/mol. The molecule has 1 saturated carbocycles. The minimum absolute atomic E-state index is 0. The first-order valence-corrected chi connectivity index (χ1v) is 9.06. The van der Waals surface area contributed by atoms with Crippen molar-refractivity contribution in [3.63, 3.8) is 0 Å². The second-order valence-electron chi connectivity index (χ2n) is 6.17. The number of guanidine groups is 1. The van der Waals surface area contributed by atoms with E-state index in [2.05, 4.69) is 15.6 Å². The molecule has 1 fully saturated rings. The van der Waals surface area contributed by atoms with E-state index in [0.717, 1.165) is 11.5 Å². The van der Waals surface area contributed by atoms with Crippen LogP contribution in [0.4, 0.5) is 0 Å². The van der Waals surface area contributed by atoms with Gasteiger partial charge in [0.25, 0.3) is 0 Å². The lowest BCUT2D eigenvalue weighted by atomic mass is 9.96. The molecule has 0 radical (unpaired) electrons. The van der Waals surface area contributed by atoms with E-state index >= 15 is 0 Å². The van der Waals surface area contributed by atoms with Gasteiger partial charge < -0.3 is 24.8 Å². The van der Waals surface area contributed by atoms with Gasteiger partial charge in [-0.05, 0) is 37.5 Å². The molecule has 2 rings (SSSR count). The Morgan fingerprint density at radius 3 is 2.23 bits per heavy atom. The van der Waals surface area contributed by atoms with Gasteiger partial charge >= 0.3 is 0 Å². The van der Waals surface area contributed by atoms with Crippen molar-refractivity contribution in [2.24, 2.45) is 4.99 Å². The van der Waals surface area contributed by atoms with Gasteiger partial charge in [0, 0.05) is 19.6 Å². The van der Waals surface area contributed by atoms with Crippen LogP contribution in [0.5, 0.6) is 17.2 Å². The molecule has 0 saturated heterocycles. The fourth-order valence-electron chi connectivity index (χ4n) is 3.14. The van der Waals surface area contributed by atoms with Crippen LogP contribution in [-0.4, -0.2) is 39.9 Å². The summed E-state index contributed by atoms with van der Waals surface area (Å²) in [6.45, 7) is 3.13. The van der Waals surface area contributed by atoms with E-state index < -0.39 is 0 Å². The van der Waals surface area contributed by atoms with E-state index in [1.807, 2.05) is 19.1 Å². The summed E-state index contributed by atoms with van der Waals surface area (Å²) in [7, 11) is 5.08. The average Bonchev–Trinajstić information content (AvgIpc) is 2.66. The molecule has 0 aromatic heterocycles. The Morgan fingerprint density at radius 2 is 1.73 bits per heavy atom. The summed E-state index contributed by atoms with van der Waals surface area (Å²) in [5.74, 6) is 2.82. The number of methoxy groups -OCH3 is 2. The van der Waals surface area contributed by atoms with Crippen molar-refractivity contribution in [1.29, 1.82) is 0 Å². The molecular weight excluding hydrogens is 445 g/mol. The van der Waals surface area contributed by atoms with Gasteiger partial charge in [0.15, 0.2) is 17.5 Å². The molecule has 7 heteroatoms. The van der Waals surface area contributed by atoms with Crippen molar-refractivity contribution in [1.82, 2.24) is 10.6 Å². The molecule has 0 heterocycles. The highest BCUT2D eigenvalue weighted by molar-refractivity contribution is 14.0. The number of benzene rings is 1. The maximum Gasteiger partial charge on any atom is 0.203 e. The number of nitrogens with zero attached hydrogens (tertiary/aromatic N) is 1. The summed E-state index contributed by atoms with van der Waals surface area (Å²) in [4.78, 5) is 4.34. The highest BCUT2D eigenvalue weighted by atomic mass is 127. The van der Waals surface area contributed by atoms with Crippen LogP contribution in [0.25, 0.3) is 0 Å².